The first-order valence-corrected chi connectivity index (χ1v) is 8.40. The summed E-state index contributed by atoms with van der Waals surface area (Å²) in [5.74, 6) is -0.429. The van der Waals surface area contributed by atoms with Crippen molar-refractivity contribution in [3.63, 3.8) is 0 Å². The SMILES string of the molecule is C[C@@H](N)CC(=O)Nc1cc(C(F)(F)F)cc2c1Nc1ccccc1S2. The number of benzene rings is 2. The molecule has 0 spiro atoms. The van der Waals surface area contributed by atoms with Gasteiger partial charge in [-0.25, -0.2) is 0 Å². The van der Waals surface area contributed by atoms with Crippen LogP contribution in [0.25, 0.3) is 0 Å². The normalized spacial score (nSPS) is 14.1. The molecule has 4 nitrogen and oxygen atoms in total. The Kier molecular flexibility index (Phi) is 4.66. The zero-order chi connectivity index (χ0) is 18.2. The molecule has 25 heavy (non-hydrogen) atoms. The molecule has 132 valence electrons. The topological polar surface area (TPSA) is 67.2 Å². The lowest BCUT2D eigenvalue weighted by Crippen LogP contribution is -2.24. The molecule has 4 N–H and O–H groups in total. The molecular formula is C17H16F3N3OS. The van der Waals surface area contributed by atoms with E-state index >= 15 is 0 Å². The van der Waals surface area contributed by atoms with E-state index in [0.29, 0.717) is 10.6 Å². The number of fused-ring (bicyclic) bond motifs is 2. The second-order valence-electron chi connectivity index (χ2n) is 5.85. The van der Waals surface area contributed by atoms with Crippen molar-refractivity contribution in [2.24, 2.45) is 5.73 Å². The molecule has 0 fully saturated rings. The van der Waals surface area contributed by atoms with E-state index in [1.165, 1.54) is 11.8 Å². The van der Waals surface area contributed by atoms with Crippen molar-refractivity contribution in [1.29, 1.82) is 0 Å². The third-order valence-corrected chi connectivity index (χ3v) is 4.70. The molecule has 0 bridgehead atoms. The van der Waals surface area contributed by atoms with Gasteiger partial charge in [-0.15, -0.1) is 0 Å². The smallest absolute Gasteiger partial charge is 0.352 e. The van der Waals surface area contributed by atoms with Crippen molar-refractivity contribution in [2.45, 2.75) is 35.4 Å². The summed E-state index contributed by atoms with van der Waals surface area (Å²) in [4.78, 5) is 13.2. The highest BCUT2D eigenvalue weighted by Gasteiger charge is 2.33. The second kappa shape index (κ2) is 6.61. The van der Waals surface area contributed by atoms with E-state index < -0.39 is 17.6 Å². The maximum atomic E-state index is 13.2. The molecule has 1 aliphatic rings. The van der Waals surface area contributed by atoms with Crippen molar-refractivity contribution in [1.82, 2.24) is 0 Å². The number of carbonyl (C=O) groups is 1. The van der Waals surface area contributed by atoms with E-state index in [9.17, 15) is 18.0 Å². The highest BCUT2D eigenvalue weighted by molar-refractivity contribution is 7.99. The number of carbonyl (C=O) groups excluding carboxylic acids is 1. The van der Waals surface area contributed by atoms with E-state index in [2.05, 4.69) is 10.6 Å². The lowest BCUT2D eigenvalue weighted by atomic mass is 10.1. The fourth-order valence-corrected chi connectivity index (χ4v) is 3.55. The number of halogens is 3. The first-order valence-electron chi connectivity index (χ1n) is 7.58. The molecule has 2 aromatic carbocycles. The van der Waals surface area contributed by atoms with Crippen molar-refractivity contribution in [3.05, 3.63) is 42.0 Å². The van der Waals surface area contributed by atoms with Crippen LogP contribution in [0.2, 0.25) is 0 Å². The van der Waals surface area contributed by atoms with E-state index in [1.54, 1.807) is 6.92 Å². The Bertz CT molecular complexity index is 821. The molecule has 8 heteroatoms. The Morgan fingerprint density at radius 2 is 2.00 bits per heavy atom. The zero-order valence-corrected chi connectivity index (χ0v) is 14.1. The minimum Gasteiger partial charge on any atom is -0.352 e. The lowest BCUT2D eigenvalue weighted by molar-refractivity contribution is -0.137. The summed E-state index contributed by atoms with van der Waals surface area (Å²) < 4.78 is 39.7. The summed E-state index contributed by atoms with van der Waals surface area (Å²) in [5, 5.41) is 5.66. The number of amides is 1. The van der Waals surface area contributed by atoms with Gasteiger partial charge in [0, 0.05) is 22.3 Å². The first-order chi connectivity index (χ1) is 11.7. The number of hydrogen-bond acceptors (Lipinski definition) is 4. The molecule has 1 atom stereocenters. The molecule has 0 unspecified atom stereocenters. The Morgan fingerprint density at radius 1 is 1.28 bits per heavy atom. The van der Waals surface area contributed by atoms with Gasteiger partial charge in [0.2, 0.25) is 5.91 Å². The summed E-state index contributed by atoms with van der Waals surface area (Å²) in [6.07, 6.45) is -4.48. The van der Waals surface area contributed by atoms with E-state index in [1.807, 2.05) is 24.3 Å². The number of hydrogen-bond donors (Lipinski definition) is 3. The molecule has 2 aromatic rings. The number of rotatable bonds is 3. The number of anilines is 3. The van der Waals surface area contributed by atoms with Crippen LogP contribution in [0.4, 0.5) is 30.2 Å². The van der Waals surface area contributed by atoms with Crippen LogP contribution in [-0.4, -0.2) is 11.9 Å². The van der Waals surface area contributed by atoms with Crippen LogP contribution in [0, 0.1) is 0 Å². The van der Waals surface area contributed by atoms with Crippen LogP contribution < -0.4 is 16.4 Å². The third-order valence-electron chi connectivity index (χ3n) is 3.58. The zero-order valence-electron chi connectivity index (χ0n) is 13.3. The molecule has 0 saturated heterocycles. The standard InChI is InChI=1S/C17H16F3N3OS/c1-9(21)6-15(24)22-12-7-10(17(18,19)20)8-14-16(12)23-11-4-2-3-5-13(11)25-14/h2-5,7-9,23H,6,21H2,1H3,(H,22,24)/t9-/m1/s1. The van der Waals surface area contributed by atoms with Crippen molar-refractivity contribution in [2.75, 3.05) is 10.6 Å². The van der Waals surface area contributed by atoms with Gasteiger partial charge in [0.25, 0.3) is 0 Å². The summed E-state index contributed by atoms with van der Waals surface area (Å²) in [6, 6.07) is 8.95. The molecular weight excluding hydrogens is 351 g/mol. The van der Waals surface area contributed by atoms with Crippen molar-refractivity contribution < 1.29 is 18.0 Å². The number of nitrogens with one attached hydrogen (secondary N) is 2. The van der Waals surface area contributed by atoms with Gasteiger partial charge in [-0.1, -0.05) is 23.9 Å². The third kappa shape index (κ3) is 3.91. The fourth-order valence-electron chi connectivity index (χ4n) is 2.49. The largest absolute Gasteiger partial charge is 0.416 e. The predicted octanol–water partition coefficient (Wildman–Crippen LogP) is 4.59. The molecule has 3 rings (SSSR count). The molecule has 1 aliphatic heterocycles. The maximum Gasteiger partial charge on any atom is 0.416 e. The Balaban J connectivity index is 2.03. The number of para-hydroxylation sites is 1. The van der Waals surface area contributed by atoms with Crippen LogP contribution in [0.3, 0.4) is 0 Å². The Labute approximate surface area is 147 Å². The van der Waals surface area contributed by atoms with Gasteiger partial charge in [-0.2, -0.15) is 13.2 Å². The van der Waals surface area contributed by atoms with Gasteiger partial charge >= 0.3 is 6.18 Å². The summed E-state index contributed by atoms with van der Waals surface area (Å²) in [5.41, 5.74) is 6.11. The minimum absolute atomic E-state index is 0.0226. The van der Waals surface area contributed by atoms with Gasteiger partial charge in [0.15, 0.2) is 0 Å². The minimum atomic E-state index is -4.51. The molecule has 1 heterocycles. The monoisotopic (exact) mass is 367 g/mol. The first kappa shape index (κ1) is 17.6. The highest BCUT2D eigenvalue weighted by Crippen LogP contribution is 2.49. The van der Waals surface area contributed by atoms with Crippen molar-refractivity contribution >= 4 is 34.7 Å². The predicted molar refractivity (Wildman–Crippen MR) is 92.2 cm³/mol. The van der Waals surface area contributed by atoms with Gasteiger partial charge in [-0.3, -0.25) is 4.79 Å². The van der Waals surface area contributed by atoms with Gasteiger partial charge in [0.05, 0.1) is 22.6 Å². The lowest BCUT2D eigenvalue weighted by Gasteiger charge is -2.25. The van der Waals surface area contributed by atoms with E-state index in [0.717, 1.165) is 22.7 Å². The number of nitrogens with two attached hydrogens (primary N) is 1. The molecule has 0 aromatic heterocycles. The van der Waals surface area contributed by atoms with Gasteiger partial charge in [-0.05, 0) is 31.2 Å². The summed E-state index contributed by atoms with van der Waals surface area (Å²) >= 11 is 1.23. The maximum absolute atomic E-state index is 13.2. The second-order valence-corrected chi connectivity index (χ2v) is 6.93. The van der Waals surface area contributed by atoms with Crippen LogP contribution in [-0.2, 0) is 11.0 Å². The summed E-state index contributed by atoms with van der Waals surface area (Å²) in [6.45, 7) is 1.66. The van der Waals surface area contributed by atoms with E-state index in [4.69, 9.17) is 5.73 Å². The van der Waals surface area contributed by atoms with Gasteiger partial charge in [0.1, 0.15) is 0 Å². The van der Waals surface area contributed by atoms with Crippen LogP contribution in [0.1, 0.15) is 18.9 Å². The van der Waals surface area contributed by atoms with Crippen LogP contribution >= 0.6 is 11.8 Å². The molecule has 0 aliphatic carbocycles. The average Bonchev–Trinajstić information content (AvgIpc) is 2.51. The quantitative estimate of drug-likeness (QED) is 0.633. The van der Waals surface area contributed by atoms with E-state index in [-0.39, 0.29) is 18.2 Å². The van der Waals surface area contributed by atoms with Gasteiger partial charge < -0.3 is 16.4 Å². The highest BCUT2D eigenvalue weighted by atomic mass is 32.2. The van der Waals surface area contributed by atoms with Crippen molar-refractivity contribution in [3.8, 4) is 0 Å². The molecule has 0 radical (unpaired) electrons. The Hall–Kier alpha value is -2.19. The molecule has 1 amide bonds. The summed E-state index contributed by atoms with van der Waals surface area (Å²) in [7, 11) is 0. The number of alkyl halides is 3. The Morgan fingerprint density at radius 3 is 2.68 bits per heavy atom. The van der Waals surface area contributed by atoms with Crippen LogP contribution in [0.5, 0.6) is 0 Å². The van der Waals surface area contributed by atoms with Crippen LogP contribution in [0.15, 0.2) is 46.2 Å². The fraction of sp³-hybridized carbons (Fsp3) is 0.235. The molecule has 0 saturated carbocycles. The average molecular weight is 367 g/mol.